The first-order valence-corrected chi connectivity index (χ1v) is 7.35. The highest BCUT2D eigenvalue weighted by Crippen LogP contribution is 2.35. The lowest BCUT2D eigenvalue weighted by atomic mass is 9.80. The lowest BCUT2D eigenvalue weighted by Crippen LogP contribution is -2.26. The molecule has 1 aromatic carbocycles. The second-order valence-electron chi connectivity index (χ2n) is 6.66. The van der Waals surface area contributed by atoms with Crippen LogP contribution in [0, 0.1) is 18.3 Å². The van der Waals surface area contributed by atoms with Gasteiger partial charge in [-0.3, -0.25) is 0 Å². The van der Waals surface area contributed by atoms with Crippen LogP contribution >= 0.6 is 12.2 Å². The van der Waals surface area contributed by atoms with Crippen molar-refractivity contribution in [3.05, 3.63) is 29.3 Å². The van der Waals surface area contributed by atoms with E-state index in [0.717, 1.165) is 24.6 Å². The van der Waals surface area contributed by atoms with Crippen LogP contribution in [0.15, 0.2) is 18.2 Å². The molecule has 1 heterocycles. The number of anilines is 1. The fourth-order valence-corrected chi connectivity index (χ4v) is 3.05. The molecule has 1 atom stereocenters. The molecule has 2 rings (SSSR count). The van der Waals surface area contributed by atoms with Gasteiger partial charge >= 0.3 is 0 Å². The van der Waals surface area contributed by atoms with E-state index in [1.165, 1.54) is 17.7 Å². The van der Waals surface area contributed by atoms with Gasteiger partial charge in [-0.15, -0.1) is 0 Å². The Labute approximate surface area is 122 Å². The molecule has 0 radical (unpaired) electrons. The number of nitrogens with two attached hydrogens (primary N) is 1. The van der Waals surface area contributed by atoms with Crippen LogP contribution in [-0.2, 0) is 0 Å². The number of aryl methyl sites for hydroxylation is 1. The summed E-state index contributed by atoms with van der Waals surface area (Å²) in [6.45, 7) is 11.4. The zero-order valence-corrected chi connectivity index (χ0v) is 13.2. The number of rotatable bonds is 2. The molecular weight excluding hydrogens is 252 g/mol. The summed E-state index contributed by atoms with van der Waals surface area (Å²) in [7, 11) is 0. The molecule has 19 heavy (non-hydrogen) atoms. The van der Waals surface area contributed by atoms with Crippen molar-refractivity contribution in [3.63, 3.8) is 0 Å². The third-order valence-corrected chi connectivity index (χ3v) is 4.47. The summed E-state index contributed by atoms with van der Waals surface area (Å²) < 4.78 is 0. The van der Waals surface area contributed by atoms with Crippen LogP contribution in [0.25, 0.3) is 0 Å². The molecule has 2 N–H and O–H groups in total. The van der Waals surface area contributed by atoms with Crippen LogP contribution in [0.5, 0.6) is 0 Å². The van der Waals surface area contributed by atoms with Gasteiger partial charge in [-0.1, -0.05) is 33.0 Å². The van der Waals surface area contributed by atoms with Gasteiger partial charge in [0.1, 0.15) is 4.99 Å². The summed E-state index contributed by atoms with van der Waals surface area (Å²) in [6, 6.07) is 6.41. The average molecular weight is 276 g/mol. The normalized spacial score (nSPS) is 19.8. The molecule has 1 aliphatic rings. The summed E-state index contributed by atoms with van der Waals surface area (Å²) in [5.41, 5.74) is 9.56. The SMILES string of the molecule is Cc1cc(N2CCC(C(C)(C)C)C2)ccc1C(N)=S. The lowest BCUT2D eigenvalue weighted by molar-refractivity contribution is 0.263. The van der Waals surface area contributed by atoms with Crippen molar-refractivity contribution in [2.75, 3.05) is 18.0 Å². The number of nitrogens with zero attached hydrogens (tertiary/aromatic N) is 1. The van der Waals surface area contributed by atoms with Gasteiger partial charge in [-0.2, -0.15) is 0 Å². The molecular formula is C16H24N2S. The maximum Gasteiger partial charge on any atom is 0.104 e. The van der Waals surface area contributed by atoms with E-state index in [-0.39, 0.29) is 0 Å². The van der Waals surface area contributed by atoms with Crippen LogP contribution in [0.2, 0.25) is 0 Å². The third kappa shape index (κ3) is 3.08. The number of thiocarbonyl (C=S) groups is 1. The van der Waals surface area contributed by atoms with Crippen LogP contribution < -0.4 is 10.6 Å². The molecule has 1 aromatic rings. The molecule has 1 saturated heterocycles. The van der Waals surface area contributed by atoms with Crippen molar-refractivity contribution in [1.82, 2.24) is 0 Å². The fraction of sp³-hybridized carbons (Fsp3) is 0.562. The first-order valence-electron chi connectivity index (χ1n) is 6.94. The molecule has 0 aliphatic carbocycles. The molecule has 1 aliphatic heterocycles. The zero-order chi connectivity index (χ0) is 14.2. The molecule has 0 amide bonds. The first-order chi connectivity index (χ1) is 8.79. The zero-order valence-electron chi connectivity index (χ0n) is 12.4. The van der Waals surface area contributed by atoms with E-state index < -0.39 is 0 Å². The second-order valence-corrected chi connectivity index (χ2v) is 7.10. The molecule has 104 valence electrons. The van der Waals surface area contributed by atoms with Gasteiger partial charge < -0.3 is 10.6 Å². The van der Waals surface area contributed by atoms with Gasteiger partial charge in [0.15, 0.2) is 0 Å². The van der Waals surface area contributed by atoms with Gasteiger partial charge in [0, 0.05) is 24.3 Å². The molecule has 0 saturated carbocycles. The summed E-state index contributed by atoms with van der Waals surface area (Å²) >= 11 is 5.06. The molecule has 0 bridgehead atoms. The Morgan fingerprint density at radius 2 is 2.05 bits per heavy atom. The Balaban J connectivity index is 2.16. The van der Waals surface area contributed by atoms with Crippen molar-refractivity contribution in [2.45, 2.75) is 34.1 Å². The third-order valence-electron chi connectivity index (χ3n) is 4.25. The van der Waals surface area contributed by atoms with Crippen molar-refractivity contribution in [1.29, 1.82) is 0 Å². The fourth-order valence-electron chi connectivity index (χ4n) is 2.82. The molecule has 0 aromatic heterocycles. The van der Waals surface area contributed by atoms with Crippen LogP contribution in [0.4, 0.5) is 5.69 Å². The maximum absolute atomic E-state index is 5.72. The predicted octanol–water partition coefficient (Wildman–Crippen LogP) is 3.50. The van der Waals surface area contributed by atoms with Crippen LogP contribution in [-0.4, -0.2) is 18.1 Å². The Hall–Kier alpha value is -1.09. The van der Waals surface area contributed by atoms with E-state index in [1.54, 1.807) is 0 Å². The van der Waals surface area contributed by atoms with Crippen molar-refractivity contribution in [3.8, 4) is 0 Å². The van der Waals surface area contributed by atoms with E-state index in [1.807, 2.05) is 0 Å². The van der Waals surface area contributed by atoms with Gasteiger partial charge in [0.25, 0.3) is 0 Å². The Morgan fingerprint density at radius 1 is 1.37 bits per heavy atom. The lowest BCUT2D eigenvalue weighted by Gasteiger charge is -2.27. The van der Waals surface area contributed by atoms with E-state index in [0.29, 0.717) is 10.4 Å². The minimum Gasteiger partial charge on any atom is -0.389 e. The average Bonchev–Trinajstić information content (AvgIpc) is 2.76. The van der Waals surface area contributed by atoms with E-state index in [4.69, 9.17) is 18.0 Å². The second kappa shape index (κ2) is 5.12. The maximum atomic E-state index is 5.72. The van der Waals surface area contributed by atoms with Crippen molar-refractivity contribution in [2.24, 2.45) is 17.1 Å². The number of benzene rings is 1. The topological polar surface area (TPSA) is 29.3 Å². The standard InChI is InChI=1S/C16H24N2S/c1-11-9-13(5-6-14(11)15(17)19)18-8-7-12(10-18)16(2,3)4/h5-6,9,12H,7-8,10H2,1-4H3,(H2,17,19). The summed E-state index contributed by atoms with van der Waals surface area (Å²) in [6.07, 6.45) is 1.28. The highest BCUT2D eigenvalue weighted by Gasteiger charge is 2.31. The minimum atomic E-state index is 0.391. The smallest absolute Gasteiger partial charge is 0.104 e. The Kier molecular flexibility index (Phi) is 3.86. The first kappa shape index (κ1) is 14.3. The van der Waals surface area contributed by atoms with Crippen molar-refractivity contribution < 1.29 is 0 Å². The summed E-state index contributed by atoms with van der Waals surface area (Å²) in [5, 5.41) is 0. The van der Waals surface area contributed by atoms with Crippen molar-refractivity contribution >= 4 is 22.9 Å². The summed E-state index contributed by atoms with van der Waals surface area (Å²) in [5.74, 6) is 0.767. The van der Waals surface area contributed by atoms with Crippen LogP contribution in [0.3, 0.4) is 0 Å². The quantitative estimate of drug-likeness (QED) is 0.838. The Bertz CT molecular complexity index is 488. The van der Waals surface area contributed by atoms with Gasteiger partial charge in [-0.25, -0.2) is 0 Å². The highest BCUT2D eigenvalue weighted by atomic mass is 32.1. The van der Waals surface area contributed by atoms with E-state index in [2.05, 4.69) is 50.8 Å². The van der Waals surface area contributed by atoms with Gasteiger partial charge in [-0.05, 0) is 48.4 Å². The molecule has 1 fully saturated rings. The summed E-state index contributed by atoms with van der Waals surface area (Å²) in [4.78, 5) is 2.96. The van der Waals surface area contributed by atoms with E-state index in [9.17, 15) is 0 Å². The molecule has 0 spiro atoms. The number of hydrogen-bond donors (Lipinski definition) is 1. The molecule has 1 unspecified atom stereocenters. The highest BCUT2D eigenvalue weighted by molar-refractivity contribution is 7.80. The van der Waals surface area contributed by atoms with E-state index >= 15 is 0 Å². The monoisotopic (exact) mass is 276 g/mol. The largest absolute Gasteiger partial charge is 0.389 e. The Morgan fingerprint density at radius 3 is 2.53 bits per heavy atom. The van der Waals surface area contributed by atoms with Gasteiger partial charge in [0.2, 0.25) is 0 Å². The predicted molar refractivity (Wildman–Crippen MR) is 86.8 cm³/mol. The number of hydrogen-bond acceptors (Lipinski definition) is 2. The minimum absolute atomic E-state index is 0.391. The van der Waals surface area contributed by atoms with Crippen LogP contribution in [0.1, 0.15) is 38.3 Å². The molecule has 3 heteroatoms. The molecule has 2 nitrogen and oxygen atoms in total. The van der Waals surface area contributed by atoms with Gasteiger partial charge in [0.05, 0.1) is 0 Å².